The van der Waals surface area contributed by atoms with Crippen LogP contribution < -0.4 is 5.32 Å². The number of amides is 1. The van der Waals surface area contributed by atoms with Crippen LogP contribution in [0.2, 0.25) is 19.6 Å². The first kappa shape index (κ1) is 21.5. The van der Waals surface area contributed by atoms with Gasteiger partial charge in [0.15, 0.2) is 8.32 Å². The molecule has 0 radical (unpaired) electrons. The maximum atomic E-state index is 12.6. The molecule has 1 fully saturated rings. The SMILES string of the molecule is CCCO[P+](=O)C(O[Si](C)(C)C)[C@H](CC1CCCCC1)NC(=O)O. The van der Waals surface area contributed by atoms with Gasteiger partial charge in [-0.05, 0) is 43.0 Å². The van der Waals surface area contributed by atoms with Gasteiger partial charge in [0.25, 0.3) is 5.85 Å². The highest BCUT2D eigenvalue weighted by atomic mass is 31.1. The fourth-order valence-corrected chi connectivity index (χ4v) is 6.26. The number of hydrogen-bond donors (Lipinski definition) is 2. The van der Waals surface area contributed by atoms with Crippen LogP contribution in [-0.4, -0.2) is 38.0 Å². The first-order chi connectivity index (χ1) is 11.2. The Morgan fingerprint density at radius 1 is 1.29 bits per heavy atom. The van der Waals surface area contributed by atoms with Crippen LogP contribution in [0.5, 0.6) is 0 Å². The van der Waals surface area contributed by atoms with Gasteiger partial charge < -0.3 is 14.8 Å². The molecule has 6 nitrogen and oxygen atoms in total. The zero-order valence-electron chi connectivity index (χ0n) is 15.4. The molecule has 0 aliphatic heterocycles. The highest BCUT2D eigenvalue weighted by Gasteiger charge is 2.45. The van der Waals surface area contributed by atoms with E-state index in [1.807, 2.05) is 26.6 Å². The summed E-state index contributed by atoms with van der Waals surface area (Å²) in [6.45, 7) is 8.39. The second kappa shape index (κ2) is 10.5. The van der Waals surface area contributed by atoms with Gasteiger partial charge >= 0.3 is 14.1 Å². The summed E-state index contributed by atoms with van der Waals surface area (Å²) >= 11 is 0. The quantitative estimate of drug-likeness (QED) is 0.415. The third kappa shape index (κ3) is 8.56. The molecule has 2 N–H and O–H groups in total. The van der Waals surface area contributed by atoms with Gasteiger partial charge in [-0.3, -0.25) is 0 Å². The molecule has 0 saturated heterocycles. The van der Waals surface area contributed by atoms with Crippen LogP contribution in [0.4, 0.5) is 4.79 Å². The molecule has 1 rings (SSSR count). The Kier molecular flexibility index (Phi) is 9.42. The highest BCUT2D eigenvalue weighted by molar-refractivity contribution is 7.40. The van der Waals surface area contributed by atoms with Gasteiger partial charge in [-0.2, -0.15) is 0 Å². The van der Waals surface area contributed by atoms with Gasteiger partial charge in [0.05, 0.1) is 0 Å². The lowest BCUT2D eigenvalue weighted by atomic mass is 9.85. The monoisotopic (exact) mass is 378 g/mol. The molecule has 1 amide bonds. The standard InChI is InChI=1S/C16H32NO5PSi/c1-5-11-21-23(20)15(22-24(2,3)4)14(17-16(18)19)12-13-9-7-6-8-10-13/h13-15,17H,5-12H2,1-4H3/p+1/t14-,15?/m0/s1. The summed E-state index contributed by atoms with van der Waals surface area (Å²) in [5.74, 6) is -0.255. The van der Waals surface area contributed by atoms with Crippen molar-refractivity contribution in [2.45, 2.75) is 83.4 Å². The average molecular weight is 379 g/mol. The van der Waals surface area contributed by atoms with E-state index in [2.05, 4.69) is 5.32 Å². The molecule has 2 unspecified atom stereocenters. The molecule has 3 atom stereocenters. The smallest absolute Gasteiger partial charge is 0.465 e. The molecular weight excluding hydrogens is 345 g/mol. The van der Waals surface area contributed by atoms with Crippen molar-refractivity contribution in [3.05, 3.63) is 0 Å². The van der Waals surface area contributed by atoms with E-state index in [1.54, 1.807) is 0 Å². The Labute approximate surface area is 147 Å². The Morgan fingerprint density at radius 2 is 1.92 bits per heavy atom. The summed E-state index contributed by atoms with van der Waals surface area (Å²) in [6.07, 6.45) is 6.15. The highest BCUT2D eigenvalue weighted by Crippen LogP contribution is 2.38. The lowest BCUT2D eigenvalue weighted by molar-refractivity contribution is 0.148. The molecule has 0 aromatic rings. The van der Waals surface area contributed by atoms with Crippen LogP contribution >= 0.6 is 8.03 Å². The molecule has 1 aliphatic carbocycles. The van der Waals surface area contributed by atoms with E-state index < -0.39 is 34.3 Å². The van der Waals surface area contributed by atoms with E-state index >= 15 is 0 Å². The van der Waals surface area contributed by atoms with Gasteiger partial charge in [-0.15, -0.1) is 4.52 Å². The molecule has 0 aromatic heterocycles. The van der Waals surface area contributed by atoms with E-state index in [9.17, 15) is 14.5 Å². The minimum absolute atomic E-state index is 0.393. The molecule has 24 heavy (non-hydrogen) atoms. The molecule has 140 valence electrons. The van der Waals surface area contributed by atoms with Crippen LogP contribution in [-0.2, 0) is 13.5 Å². The summed E-state index contributed by atoms with van der Waals surface area (Å²) in [5, 5.41) is 11.8. The van der Waals surface area contributed by atoms with E-state index in [1.165, 1.54) is 19.3 Å². The van der Waals surface area contributed by atoms with Crippen molar-refractivity contribution < 1.29 is 23.4 Å². The fourth-order valence-electron chi connectivity index (χ4n) is 3.08. The summed E-state index contributed by atoms with van der Waals surface area (Å²) in [4.78, 5) is 11.3. The maximum absolute atomic E-state index is 12.6. The fraction of sp³-hybridized carbons (Fsp3) is 0.938. The van der Waals surface area contributed by atoms with Crippen molar-refractivity contribution in [3.8, 4) is 0 Å². The topological polar surface area (TPSA) is 84.9 Å². The number of hydrogen-bond acceptors (Lipinski definition) is 4. The first-order valence-corrected chi connectivity index (χ1v) is 13.6. The van der Waals surface area contributed by atoms with Crippen LogP contribution in [0, 0.1) is 5.92 Å². The van der Waals surface area contributed by atoms with Crippen LogP contribution in [0.15, 0.2) is 0 Å². The molecule has 0 aromatic carbocycles. The zero-order valence-corrected chi connectivity index (χ0v) is 17.3. The van der Waals surface area contributed by atoms with Crippen LogP contribution in [0.1, 0.15) is 51.9 Å². The molecule has 1 saturated carbocycles. The molecule has 8 heteroatoms. The van der Waals surface area contributed by atoms with Crippen molar-refractivity contribution in [1.82, 2.24) is 5.32 Å². The van der Waals surface area contributed by atoms with Crippen LogP contribution in [0.25, 0.3) is 0 Å². The van der Waals surface area contributed by atoms with Gasteiger partial charge in [-0.1, -0.05) is 39.0 Å². The van der Waals surface area contributed by atoms with Gasteiger partial charge in [0, 0.05) is 0 Å². The van der Waals surface area contributed by atoms with Crippen molar-refractivity contribution in [2.24, 2.45) is 5.92 Å². The Morgan fingerprint density at radius 3 is 2.42 bits per heavy atom. The molecule has 0 heterocycles. The van der Waals surface area contributed by atoms with E-state index in [0.717, 1.165) is 19.3 Å². The lowest BCUT2D eigenvalue weighted by Crippen LogP contribution is -2.47. The van der Waals surface area contributed by atoms with Gasteiger partial charge in [0.1, 0.15) is 12.6 Å². The third-order valence-corrected chi connectivity index (χ3v) is 6.55. The second-order valence-corrected chi connectivity index (χ2v) is 13.3. The predicted molar refractivity (Wildman–Crippen MR) is 98.2 cm³/mol. The average Bonchev–Trinajstić information content (AvgIpc) is 2.49. The van der Waals surface area contributed by atoms with Crippen LogP contribution in [0.3, 0.4) is 0 Å². The molecule has 0 bridgehead atoms. The lowest BCUT2D eigenvalue weighted by Gasteiger charge is -2.29. The Hall–Kier alpha value is -0.493. The normalized spacial score (nSPS) is 19.6. The minimum atomic E-state index is -2.07. The number of carbonyl (C=O) groups is 1. The molecule has 0 spiro atoms. The van der Waals surface area contributed by atoms with Gasteiger partial charge in [-0.25, -0.2) is 4.79 Å². The summed E-state index contributed by atoms with van der Waals surface area (Å²) < 4.78 is 24.2. The van der Waals surface area contributed by atoms with E-state index in [0.29, 0.717) is 18.9 Å². The van der Waals surface area contributed by atoms with E-state index in [4.69, 9.17) is 8.95 Å². The largest absolute Gasteiger partial charge is 0.541 e. The number of rotatable bonds is 10. The van der Waals surface area contributed by atoms with Gasteiger partial charge in [0.2, 0.25) is 0 Å². The minimum Gasteiger partial charge on any atom is -0.465 e. The van der Waals surface area contributed by atoms with Crippen molar-refractivity contribution >= 4 is 22.4 Å². The van der Waals surface area contributed by atoms with E-state index in [-0.39, 0.29) is 0 Å². The predicted octanol–water partition coefficient (Wildman–Crippen LogP) is 4.94. The van der Waals surface area contributed by atoms with Crippen molar-refractivity contribution in [1.29, 1.82) is 0 Å². The summed E-state index contributed by atoms with van der Waals surface area (Å²) in [5.41, 5.74) is 0. The summed E-state index contributed by atoms with van der Waals surface area (Å²) in [7, 11) is -4.07. The van der Waals surface area contributed by atoms with Crippen molar-refractivity contribution in [2.75, 3.05) is 6.61 Å². The first-order valence-electron chi connectivity index (χ1n) is 8.99. The Balaban J connectivity index is 2.89. The second-order valence-electron chi connectivity index (χ2n) is 7.54. The molecular formula is C16H33NO5PSi+. The zero-order chi connectivity index (χ0) is 18.2. The van der Waals surface area contributed by atoms with Crippen molar-refractivity contribution in [3.63, 3.8) is 0 Å². The number of nitrogens with one attached hydrogen (secondary N) is 1. The Bertz CT molecular complexity index is 410. The number of carboxylic acid groups (broad SMARTS) is 1. The third-order valence-electron chi connectivity index (χ3n) is 4.07. The summed E-state index contributed by atoms with van der Waals surface area (Å²) in [6, 6.07) is -0.488. The maximum Gasteiger partial charge on any atom is 0.541 e. The molecule has 1 aliphatic rings.